The van der Waals surface area contributed by atoms with E-state index in [2.05, 4.69) is 25.2 Å². The van der Waals surface area contributed by atoms with Crippen molar-refractivity contribution in [2.24, 2.45) is 0 Å². The number of nitrogens with zero attached hydrogens (tertiary/aromatic N) is 1. The van der Waals surface area contributed by atoms with Crippen molar-refractivity contribution in [1.29, 1.82) is 5.26 Å². The molecule has 0 spiro atoms. The molecular formula is C18H20N2O. The van der Waals surface area contributed by atoms with Crippen molar-refractivity contribution in [3.8, 4) is 11.8 Å². The van der Waals surface area contributed by atoms with E-state index in [0.29, 0.717) is 5.56 Å². The zero-order valence-electron chi connectivity index (χ0n) is 12.5. The van der Waals surface area contributed by atoms with E-state index in [1.807, 2.05) is 48.5 Å². The van der Waals surface area contributed by atoms with Crippen LogP contribution >= 0.6 is 0 Å². The summed E-state index contributed by atoms with van der Waals surface area (Å²) in [6.45, 7) is 4.94. The van der Waals surface area contributed by atoms with Crippen LogP contribution in [0.2, 0.25) is 0 Å². The van der Waals surface area contributed by atoms with Gasteiger partial charge in [0.05, 0.1) is 18.2 Å². The molecule has 0 radical (unpaired) electrons. The number of nitriles is 1. The second-order valence-electron chi connectivity index (χ2n) is 4.97. The van der Waals surface area contributed by atoms with Gasteiger partial charge in [-0.25, -0.2) is 0 Å². The minimum Gasteiger partial charge on any atom is -0.494 e. The van der Waals surface area contributed by atoms with Crippen molar-refractivity contribution in [3.63, 3.8) is 0 Å². The average molecular weight is 280 g/mol. The third kappa shape index (κ3) is 4.25. The molecule has 0 aliphatic heterocycles. The summed E-state index contributed by atoms with van der Waals surface area (Å²) < 4.78 is 5.57. The van der Waals surface area contributed by atoms with Crippen molar-refractivity contribution in [2.75, 3.05) is 11.9 Å². The number of benzene rings is 2. The van der Waals surface area contributed by atoms with Gasteiger partial charge in [-0.2, -0.15) is 5.26 Å². The Labute approximate surface area is 126 Å². The molecule has 0 amide bonds. The van der Waals surface area contributed by atoms with E-state index in [1.54, 1.807) is 0 Å². The SMILES string of the molecule is CCCOc1ccc(NC(C)c2ccc(C#N)cc2)cc1. The molecule has 0 heterocycles. The van der Waals surface area contributed by atoms with Gasteiger partial charge in [0, 0.05) is 11.7 Å². The number of hydrogen-bond acceptors (Lipinski definition) is 3. The van der Waals surface area contributed by atoms with Crippen LogP contribution in [0, 0.1) is 11.3 Å². The maximum atomic E-state index is 8.81. The van der Waals surface area contributed by atoms with Crippen LogP contribution < -0.4 is 10.1 Å². The summed E-state index contributed by atoms with van der Waals surface area (Å²) in [7, 11) is 0. The predicted molar refractivity (Wildman–Crippen MR) is 85.4 cm³/mol. The smallest absolute Gasteiger partial charge is 0.119 e. The second-order valence-corrected chi connectivity index (χ2v) is 4.97. The van der Waals surface area contributed by atoms with E-state index >= 15 is 0 Å². The van der Waals surface area contributed by atoms with Crippen molar-refractivity contribution < 1.29 is 4.74 Å². The first-order valence-electron chi connectivity index (χ1n) is 7.22. The van der Waals surface area contributed by atoms with Gasteiger partial charge in [0.1, 0.15) is 5.75 Å². The largest absolute Gasteiger partial charge is 0.494 e. The van der Waals surface area contributed by atoms with Crippen LogP contribution in [0.5, 0.6) is 5.75 Å². The van der Waals surface area contributed by atoms with Gasteiger partial charge in [-0.05, 0) is 55.3 Å². The highest BCUT2D eigenvalue weighted by Gasteiger charge is 2.05. The third-order valence-electron chi connectivity index (χ3n) is 3.25. The van der Waals surface area contributed by atoms with Crippen molar-refractivity contribution >= 4 is 5.69 Å². The van der Waals surface area contributed by atoms with E-state index in [4.69, 9.17) is 10.00 Å². The molecule has 0 aliphatic rings. The lowest BCUT2D eigenvalue weighted by atomic mass is 10.1. The lowest BCUT2D eigenvalue weighted by Crippen LogP contribution is -2.06. The highest BCUT2D eigenvalue weighted by Crippen LogP contribution is 2.22. The van der Waals surface area contributed by atoms with E-state index in [-0.39, 0.29) is 6.04 Å². The first kappa shape index (κ1) is 14.9. The topological polar surface area (TPSA) is 45.0 Å². The van der Waals surface area contributed by atoms with Crippen LogP contribution in [-0.4, -0.2) is 6.61 Å². The van der Waals surface area contributed by atoms with Gasteiger partial charge in [-0.3, -0.25) is 0 Å². The first-order chi connectivity index (χ1) is 10.2. The van der Waals surface area contributed by atoms with E-state index < -0.39 is 0 Å². The zero-order valence-corrected chi connectivity index (χ0v) is 12.5. The Bertz CT molecular complexity index is 597. The predicted octanol–water partition coefficient (Wildman–Crippen LogP) is 4.52. The molecule has 2 aromatic carbocycles. The molecule has 0 bridgehead atoms. The molecule has 0 aromatic heterocycles. The Morgan fingerprint density at radius 2 is 1.76 bits per heavy atom. The average Bonchev–Trinajstić information content (AvgIpc) is 2.54. The highest BCUT2D eigenvalue weighted by atomic mass is 16.5. The Kier molecular flexibility index (Phi) is 5.22. The molecule has 2 rings (SSSR count). The van der Waals surface area contributed by atoms with Crippen molar-refractivity contribution in [1.82, 2.24) is 0 Å². The number of ether oxygens (including phenoxy) is 1. The summed E-state index contributed by atoms with van der Waals surface area (Å²) in [5.74, 6) is 0.897. The number of rotatable bonds is 6. The third-order valence-corrected chi connectivity index (χ3v) is 3.25. The van der Waals surface area contributed by atoms with Crippen LogP contribution in [0.15, 0.2) is 48.5 Å². The van der Waals surface area contributed by atoms with E-state index in [1.165, 1.54) is 0 Å². The van der Waals surface area contributed by atoms with Crippen LogP contribution in [0.3, 0.4) is 0 Å². The summed E-state index contributed by atoms with van der Waals surface area (Å²) >= 11 is 0. The van der Waals surface area contributed by atoms with E-state index in [0.717, 1.165) is 30.0 Å². The minimum absolute atomic E-state index is 0.181. The van der Waals surface area contributed by atoms with Gasteiger partial charge in [0.2, 0.25) is 0 Å². The van der Waals surface area contributed by atoms with Crippen molar-refractivity contribution in [2.45, 2.75) is 26.3 Å². The Balaban J connectivity index is 1.98. The molecule has 3 heteroatoms. The van der Waals surface area contributed by atoms with Gasteiger partial charge >= 0.3 is 0 Å². The molecule has 2 aromatic rings. The van der Waals surface area contributed by atoms with Gasteiger partial charge < -0.3 is 10.1 Å². The van der Waals surface area contributed by atoms with Gasteiger partial charge in [0.25, 0.3) is 0 Å². The monoisotopic (exact) mass is 280 g/mol. The molecule has 1 unspecified atom stereocenters. The maximum absolute atomic E-state index is 8.81. The Hall–Kier alpha value is -2.47. The molecular weight excluding hydrogens is 260 g/mol. The summed E-state index contributed by atoms with van der Waals surface area (Å²) in [6.07, 6.45) is 1.01. The van der Waals surface area contributed by atoms with Crippen molar-refractivity contribution in [3.05, 3.63) is 59.7 Å². The number of nitrogens with one attached hydrogen (secondary N) is 1. The quantitative estimate of drug-likeness (QED) is 0.846. The Morgan fingerprint density at radius 3 is 2.33 bits per heavy atom. The van der Waals surface area contributed by atoms with Gasteiger partial charge in [-0.15, -0.1) is 0 Å². The molecule has 0 saturated heterocycles. The molecule has 1 N–H and O–H groups in total. The number of anilines is 1. The normalized spacial score (nSPS) is 11.5. The molecule has 0 aliphatic carbocycles. The van der Waals surface area contributed by atoms with Gasteiger partial charge in [-0.1, -0.05) is 19.1 Å². The van der Waals surface area contributed by atoms with Crippen LogP contribution in [0.1, 0.15) is 37.4 Å². The fraction of sp³-hybridized carbons (Fsp3) is 0.278. The summed E-state index contributed by atoms with van der Waals surface area (Å²) in [6, 6.07) is 17.9. The fourth-order valence-corrected chi connectivity index (χ4v) is 2.05. The fourth-order valence-electron chi connectivity index (χ4n) is 2.05. The molecule has 1 atom stereocenters. The number of hydrogen-bond donors (Lipinski definition) is 1. The van der Waals surface area contributed by atoms with E-state index in [9.17, 15) is 0 Å². The minimum atomic E-state index is 0.181. The van der Waals surface area contributed by atoms with Crippen LogP contribution in [0.25, 0.3) is 0 Å². The lowest BCUT2D eigenvalue weighted by Gasteiger charge is -2.16. The standard InChI is InChI=1S/C18H20N2O/c1-3-12-21-18-10-8-17(9-11-18)20-14(2)16-6-4-15(13-19)5-7-16/h4-11,14,20H,3,12H2,1-2H3. The molecule has 3 nitrogen and oxygen atoms in total. The summed E-state index contributed by atoms with van der Waals surface area (Å²) in [4.78, 5) is 0. The first-order valence-corrected chi connectivity index (χ1v) is 7.22. The lowest BCUT2D eigenvalue weighted by molar-refractivity contribution is 0.317. The molecule has 0 fully saturated rings. The summed E-state index contributed by atoms with van der Waals surface area (Å²) in [5, 5.41) is 12.3. The van der Waals surface area contributed by atoms with Crippen LogP contribution in [0.4, 0.5) is 5.69 Å². The molecule has 108 valence electrons. The highest BCUT2D eigenvalue weighted by molar-refractivity contribution is 5.48. The van der Waals surface area contributed by atoms with Crippen LogP contribution in [-0.2, 0) is 0 Å². The second kappa shape index (κ2) is 7.35. The summed E-state index contributed by atoms with van der Waals surface area (Å²) in [5.41, 5.74) is 2.89. The zero-order chi connectivity index (χ0) is 15.1. The molecule has 0 saturated carbocycles. The van der Waals surface area contributed by atoms with Gasteiger partial charge in [0.15, 0.2) is 0 Å². The Morgan fingerprint density at radius 1 is 1.10 bits per heavy atom. The molecule has 21 heavy (non-hydrogen) atoms. The maximum Gasteiger partial charge on any atom is 0.119 e.